The highest BCUT2D eigenvalue weighted by Gasteiger charge is 2.29. The lowest BCUT2D eigenvalue weighted by molar-refractivity contribution is -0.119. The molecule has 7 nitrogen and oxygen atoms in total. The average molecular weight is 488 g/mol. The molecule has 8 heteroatoms. The van der Waals surface area contributed by atoms with Gasteiger partial charge in [-0.05, 0) is 77.0 Å². The number of para-hydroxylation sites is 2. The molecule has 0 radical (unpaired) electrons. The van der Waals surface area contributed by atoms with E-state index in [2.05, 4.69) is 10.2 Å². The normalized spacial score (nSPS) is 14.9. The number of likely N-dealkylation sites (tertiary alicyclic amines) is 1. The smallest absolute Gasteiger partial charge is 0.264 e. The van der Waals surface area contributed by atoms with Crippen molar-refractivity contribution in [3.05, 3.63) is 54.1 Å². The maximum absolute atomic E-state index is 13.6. The van der Waals surface area contributed by atoms with Gasteiger partial charge in [0.25, 0.3) is 10.0 Å². The van der Waals surface area contributed by atoms with Crippen LogP contribution in [-0.2, 0) is 14.8 Å². The summed E-state index contributed by atoms with van der Waals surface area (Å²) >= 11 is 0. The number of sulfonamides is 1. The summed E-state index contributed by atoms with van der Waals surface area (Å²) in [6, 6.07) is 13.6. The van der Waals surface area contributed by atoms with Crippen molar-refractivity contribution in [3.63, 3.8) is 0 Å². The van der Waals surface area contributed by atoms with Crippen LogP contribution in [0.25, 0.3) is 0 Å². The largest absolute Gasteiger partial charge is 0.492 e. The first-order valence-corrected chi connectivity index (χ1v) is 13.7. The van der Waals surface area contributed by atoms with Crippen LogP contribution in [0.5, 0.6) is 5.75 Å². The topological polar surface area (TPSA) is 79.0 Å². The van der Waals surface area contributed by atoms with E-state index < -0.39 is 10.0 Å². The number of aryl methyl sites for hydroxylation is 1. The molecule has 1 aliphatic heterocycles. The Balaban J connectivity index is 1.72. The van der Waals surface area contributed by atoms with E-state index in [4.69, 9.17) is 4.74 Å². The van der Waals surface area contributed by atoms with Crippen LogP contribution in [0, 0.1) is 6.92 Å². The fourth-order valence-electron chi connectivity index (χ4n) is 4.15. The van der Waals surface area contributed by atoms with Crippen molar-refractivity contribution >= 4 is 21.6 Å². The molecular formula is C26H37N3O4S. The number of hydrogen-bond acceptors (Lipinski definition) is 5. The zero-order valence-corrected chi connectivity index (χ0v) is 21.1. The maximum atomic E-state index is 13.6. The number of ether oxygens (including phenoxy) is 1. The summed E-state index contributed by atoms with van der Waals surface area (Å²) in [6.45, 7) is 7.50. The number of carbonyl (C=O) groups is 1. The third-order valence-electron chi connectivity index (χ3n) is 6.00. The van der Waals surface area contributed by atoms with E-state index in [-0.39, 0.29) is 17.3 Å². The Kier molecular flexibility index (Phi) is 9.77. The fourth-order valence-corrected chi connectivity index (χ4v) is 5.59. The van der Waals surface area contributed by atoms with Gasteiger partial charge in [-0.15, -0.1) is 0 Å². The zero-order chi connectivity index (χ0) is 24.4. The van der Waals surface area contributed by atoms with Crippen LogP contribution >= 0.6 is 0 Å². The molecule has 34 heavy (non-hydrogen) atoms. The first-order chi connectivity index (χ1) is 16.4. The van der Waals surface area contributed by atoms with Gasteiger partial charge >= 0.3 is 0 Å². The molecule has 1 N–H and O–H groups in total. The summed E-state index contributed by atoms with van der Waals surface area (Å²) in [7, 11) is -3.97. The van der Waals surface area contributed by atoms with Crippen molar-refractivity contribution in [2.75, 3.05) is 43.6 Å². The molecule has 0 unspecified atom stereocenters. The zero-order valence-electron chi connectivity index (χ0n) is 20.3. The highest BCUT2D eigenvalue weighted by Crippen LogP contribution is 2.32. The molecule has 1 aliphatic rings. The molecule has 0 spiro atoms. The first-order valence-electron chi connectivity index (χ1n) is 12.2. The van der Waals surface area contributed by atoms with Gasteiger partial charge in [-0.25, -0.2) is 8.42 Å². The number of anilines is 1. The number of benzene rings is 2. The van der Waals surface area contributed by atoms with Gasteiger partial charge in [0.1, 0.15) is 12.3 Å². The monoisotopic (exact) mass is 487 g/mol. The van der Waals surface area contributed by atoms with Crippen LogP contribution in [0.4, 0.5) is 5.69 Å². The second kappa shape index (κ2) is 12.8. The van der Waals surface area contributed by atoms with Crippen LogP contribution in [0.1, 0.15) is 44.6 Å². The van der Waals surface area contributed by atoms with Crippen LogP contribution in [-0.4, -0.2) is 58.6 Å². The van der Waals surface area contributed by atoms with Gasteiger partial charge < -0.3 is 15.0 Å². The van der Waals surface area contributed by atoms with E-state index in [9.17, 15) is 13.2 Å². The van der Waals surface area contributed by atoms with E-state index in [0.29, 0.717) is 24.6 Å². The molecule has 2 aromatic carbocycles. The summed E-state index contributed by atoms with van der Waals surface area (Å²) in [4.78, 5) is 15.4. The SMILES string of the molecule is CCOc1ccccc1N(CC(=O)NCCCN1CCCCCC1)S(=O)(=O)c1ccc(C)cc1. The summed E-state index contributed by atoms with van der Waals surface area (Å²) < 4.78 is 34.0. The van der Waals surface area contributed by atoms with Crippen molar-refractivity contribution < 1.29 is 17.9 Å². The lowest BCUT2D eigenvalue weighted by atomic mass is 10.2. The Morgan fingerprint density at radius 1 is 1.03 bits per heavy atom. The molecule has 2 aromatic rings. The van der Waals surface area contributed by atoms with Crippen molar-refractivity contribution in [1.29, 1.82) is 0 Å². The number of nitrogens with zero attached hydrogens (tertiary/aromatic N) is 2. The van der Waals surface area contributed by atoms with E-state index in [1.807, 2.05) is 13.8 Å². The van der Waals surface area contributed by atoms with Crippen molar-refractivity contribution in [2.45, 2.75) is 50.8 Å². The van der Waals surface area contributed by atoms with Gasteiger partial charge in [0.05, 0.1) is 17.2 Å². The number of hydrogen-bond donors (Lipinski definition) is 1. The lowest BCUT2D eigenvalue weighted by Gasteiger charge is -2.26. The van der Waals surface area contributed by atoms with Crippen molar-refractivity contribution in [1.82, 2.24) is 10.2 Å². The first kappa shape index (κ1) is 26.0. The Morgan fingerprint density at radius 3 is 2.38 bits per heavy atom. The molecule has 0 saturated carbocycles. The minimum absolute atomic E-state index is 0.137. The van der Waals surface area contributed by atoms with E-state index in [1.54, 1.807) is 48.5 Å². The van der Waals surface area contributed by atoms with Gasteiger partial charge in [-0.1, -0.05) is 42.7 Å². The van der Waals surface area contributed by atoms with Crippen LogP contribution in [0.15, 0.2) is 53.4 Å². The Morgan fingerprint density at radius 2 is 1.71 bits per heavy atom. The number of nitrogens with one attached hydrogen (secondary N) is 1. The third-order valence-corrected chi connectivity index (χ3v) is 7.78. The molecule has 1 fully saturated rings. The van der Waals surface area contributed by atoms with Crippen molar-refractivity contribution in [2.24, 2.45) is 0 Å². The molecule has 1 saturated heterocycles. The summed E-state index contributed by atoms with van der Waals surface area (Å²) in [6.07, 6.45) is 5.89. The molecule has 3 rings (SSSR count). The number of carbonyl (C=O) groups excluding carboxylic acids is 1. The Labute approximate surface area is 204 Å². The molecule has 0 atom stereocenters. The minimum Gasteiger partial charge on any atom is -0.492 e. The van der Waals surface area contributed by atoms with Gasteiger partial charge in [-0.2, -0.15) is 0 Å². The second-order valence-corrected chi connectivity index (χ2v) is 10.5. The molecular weight excluding hydrogens is 450 g/mol. The summed E-state index contributed by atoms with van der Waals surface area (Å²) in [5.74, 6) is 0.0903. The van der Waals surface area contributed by atoms with E-state index in [1.165, 1.54) is 25.7 Å². The standard InChI is InChI=1S/C26H37N3O4S/c1-3-33-25-12-7-6-11-24(25)29(34(31,32)23-15-13-22(2)14-16-23)21-26(30)27-17-10-20-28-18-8-4-5-9-19-28/h6-7,11-16H,3-5,8-10,17-21H2,1-2H3,(H,27,30). The maximum Gasteiger partial charge on any atom is 0.264 e. The predicted octanol–water partition coefficient (Wildman–Crippen LogP) is 3.97. The second-order valence-electron chi connectivity index (χ2n) is 8.68. The molecule has 0 aromatic heterocycles. The van der Waals surface area contributed by atoms with E-state index >= 15 is 0 Å². The summed E-state index contributed by atoms with van der Waals surface area (Å²) in [5.41, 5.74) is 1.31. The van der Waals surface area contributed by atoms with Crippen LogP contribution < -0.4 is 14.4 Å². The lowest BCUT2D eigenvalue weighted by Crippen LogP contribution is -2.41. The Bertz CT molecular complexity index is 1020. The predicted molar refractivity (Wildman–Crippen MR) is 136 cm³/mol. The Hall–Kier alpha value is -2.58. The molecule has 186 valence electrons. The third kappa shape index (κ3) is 7.21. The quantitative estimate of drug-likeness (QED) is 0.485. The van der Waals surface area contributed by atoms with E-state index in [0.717, 1.165) is 35.9 Å². The van der Waals surface area contributed by atoms with Crippen molar-refractivity contribution in [3.8, 4) is 5.75 Å². The molecule has 1 heterocycles. The number of amides is 1. The molecule has 1 amide bonds. The summed E-state index contributed by atoms with van der Waals surface area (Å²) in [5, 5.41) is 2.91. The van der Waals surface area contributed by atoms with Crippen LogP contribution in [0.3, 0.4) is 0 Å². The number of rotatable bonds is 11. The molecule has 0 bridgehead atoms. The minimum atomic E-state index is -3.97. The fraction of sp³-hybridized carbons (Fsp3) is 0.500. The molecule has 0 aliphatic carbocycles. The van der Waals surface area contributed by atoms with Crippen LogP contribution in [0.2, 0.25) is 0 Å². The average Bonchev–Trinajstić information content (AvgIpc) is 3.10. The van der Waals surface area contributed by atoms with Gasteiger partial charge in [-0.3, -0.25) is 9.10 Å². The van der Waals surface area contributed by atoms with Gasteiger partial charge in [0, 0.05) is 6.54 Å². The van der Waals surface area contributed by atoms with Gasteiger partial charge in [0.15, 0.2) is 0 Å². The van der Waals surface area contributed by atoms with Gasteiger partial charge in [0.2, 0.25) is 5.91 Å². The highest BCUT2D eigenvalue weighted by molar-refractivity contribution is 7.92. The highest BCUT2D eigenvalue weighted by atomic mass is 32.2.